The average molecular weight is 491 g/mol. The number of hydrogen-bond acceptors (Lipinski definition) is 5. The summed E-state index contributed by atoms with van der Waals surface area (Å²) in [4.78, 5) is 27.5. The summed E-state index contributed by atoms with van der Waals surface area (Å²) in [6.45, 7) is 7.58. The molecule has 0 aliphatic carbocycles. The van der Waals surface area contributed by atoms with E-state index < -0.39 is 5.41 Å². The Morgan fingerprint density at radius 3 is 2.58 bits per heavy atom. The van der Waals surface area contributed by atoms with Crippen LogP contribution >= 0.6 is 0 Å². The van der Waals surface area contributed by atoms with E-state index in [0.717, 1.165) is 17.5 Å². The van der Waals surface area contributed by atoms with Crippen molar-refractivity contribution >= 4 is 11.8 Å². The predicted octanol–water partition coefficient (Wildman–Crippen LogP) is 4.76. The number of nitrogens with one attached hydrogen (secondary N) is 1. The van der Waals surface area contributed by atoms with Gasteiger partial charge in [0.05, 0.1) is 12.6 Å². The van der Waals surface area contributed by atoms with Crippen LogP contribution in [-0.4, -0.2) is 43.5 Å². The second-order valence-corrected chi connectivity index (χ2v) is 9.98. The smallest absolute Gasteiger partial charge is 0.287 e. The molecule has 0 radical (unpaired) electrons. The van der Waals surface area contributed by atoms with E-state index in [1.165, 1.54) is 5.56 Å². The molecule has 2 aromatic carbocycles. The van der Waals surface area contributed by atoms with E-state index in [1.807, 2.05) is 56.0 Å². The van der Waals surface area contributed by atoms with Crippen LogP contribution in [0.4, 0.5) is 0 Å². The van der Waals surface area contributed by atoms with Crippen molar-refractivity contribution in [3.8, 4) is 5.75 Å². The Morgan fingerprint density at radius 2 is 1.86 bits per heavy atom. The number of ether oxygens (including phenoxy) is 2. The third-order valence-corrected chi connectivity index (χ3v) is 6.22. The molecule has 1 N–H and O–H groups in total. The molecular weight excluding hydrogens is 456 g/mol. The summed E-state index contributed by atoms with van der Waals surface area (Å²) in [5.41, 5.74) is 2.87. The number of rotatable bonds is 8. The zero-order chi connectivity index (χ0) is 25.7. The SMILES string of the molecule is COCCNC(=O)c1ccc(COc2ccc3c(c2)[C@H](c2ccccc2)N(C(=O)C(C)(C)C)CC3)o1. The fourth-order valence-electron chi connectivity index (χ4n) is 4.41. The summed E-state index contributed by atoms with van der Waals surface area (Å²) in [7, 11) is 1.58. The second-order valence-electron chi connectivity index (χ2n) is 9.98. The normalized spacial score (nSPS) is 15.3. The lowest BCUT2D eigenvalue weighted by atomic mass is 9.85. The highest BCUT2D eigenvalue weighted by Gasteiger charge is 2.37. The fourth-order valence-corrected chi connectivity index (χ4v) is 4.41. The topological polar surface area (TPSA) is 81.0 Å². The summed E-state index contributed by atoms with van der Waals surface area (Å²) < 4.78 is 16.6. The third kappa shape index (κ3) is 5.79. The number of carbonyl (C=O) groups excluding carboxylic acids is 2. The Kier molecular flexibility index (Phi) is 7.79. The highest BCUT2D eigenvalue weighted by atomic mass is 16.5. The van der Waals surface area contributed by atoms with Gasteiger partial charge in [0.1, 0.15) is 18.1 Å². The summed E-state index contributed by atoms with van der Waals surface area (Å²) in [5, 5.41) is 2.73. The predicted molar refractivity (Wildman–Crippen MR) is 137 cm³/mol. The number of hydrogen-bond donors (Lipinski definition) is 1. The van der Waals surface area contributed by atoms with Crippen molar-refractivity contribution in [3.05, 3.63) is 88.9 Å². The lowest BCUT2D eigenvalue weighted by molar-refractivity contribution is -0.141. The van der Waals surface area contributed by atoms with Gasteiger partial charge >= 0.3 is 0 Å². The number of methoxy groups -OCH3 is 1. The molecule has 190 valence electrons. The van der Waals surface area contributed by atoms with E-state index in [4.69, 9.17) is 13.9 Å². The summed E-state index contributed by atoms with van der Waals surface area (Å²) in [5.74, 6) is 1.30. The number of nitrogens with zero attached hydrogens (tertiary/aromatic N) is 1. The monoisotopic (exact) mass is 490 g/mol. The molecule has 2 amide bonds. The third-order valence-electron chi connectivity index (χ3n) is 6.22. The lowest BCUT2D eigenvalue weighted by Crippen LogP contribution is -2.45. The summed E-state index contributed by atoms with van der Waals surface area (Å²) in [6, 6.07) is 19.4. The molecule has 0 saturated heterocycles. The fraction of sp³-hybridized carbons (Fsp3) is 0.379. The van der Waals surface area contributed by atoms with Crippen LogP contribution in [0.3, 0.4) is 0 Å². The Bertz CT molecular complexity index is 1200. The molecule has 3 aromatic rings. The molecule has 0 unspecified atom stereocenters. The van der Waals surface area contributed by atoms with Crippen molar-refractivity contribution in [1.29, 1.82) is 0 Å². The second kappa shape index (κ2) is 11.0. The maximum absolute atomic E-state index is 13.4. The van der Waals surface area contributed by atoms with Crippen LogP contribution in [0.2, 0.25) is 0 Å². The van der Waals surface area contributed by atoms with E-state index in [-0.39, 0.29) is 30.2 Å². The van der Waals surface area contributed by atoms with Gasteiger partial charge in [0, 0.05) is 25.6 Å². The molecular formula is C29H34N2O5. The first-order chi connectivity index (χ1) is 17.3. The maximum atomic E-state index is 13.4. The van der Waals surface area contributed by atoms with Crippen LogP contribution in [0, 0.1) is 5.41 Å². The minimum absolute atomic E-state index is 0.125. The summed E-state index contributed by atoms with van der Waals surface area (Å²) >= 11 is 0. The van der Waals surface area contributed by atoms with Crippen molar-refractivity contribution in [1.82, 2.24) is 10.2 Å². The molecule has 7 nitrogen and oxygen atoms in total. The molecule has 1 aliphatic rings. The molecule has 1 atom stereocenters. The minimum atomic E-state index is -0.481. The molecule has 2 heterocycles. The Hall–Kier alpha value is -3.58. The number of benzene rings is 2. The van der Waals surface area contributed by atoms with E-state index in [1.54, 1.807) is 19.2 Å². The van der Waals surface area contributed by atoms with Gasteiger partial charge in [0.15, 0.2) is 5.76 Å². The van der Waals surface area contributed by atoms with Crippen LogP contribution in [0.1, 0.15) is 59.8 Å². The van der Waals surface area contributed by atoms with Gasteiger partial charge in [0.25, 0.3) is 5.91 Å². The van der Waals surface area contributed by atoms with Gasteiger partial charge in [-0.3, -0.25) is 9.59 Å². The Labute approximate surface area is 212 Å². The van der Waals surface area contributed by atoms with Crippen molar-refractivity contribution < 1.29 is 23.5 Å². The number of carbonyl (C=O) groups is 2. The molecule has 1 aliphatic heterocycles. The summed E-state index contributed by atoms with van der Waals surface area (Å²) in [6.07, 6.45) is 0.792. The lowest BCUT2D eigenvalue weighted by Gasteiger charge is -2.41. The molecule has 0 bridgehead atoms. The maximum Gasteiger partial charge on any atom is 0.287 e. The van der Waals surface area contributed by atoms with Crippen molar-refractivity contribution in [2.75, 3.05) is 26.8 Å². The molecule has 36 heavy (non-hydrogen) atoms. The average Bonchev–Trinajstić information content (AvgIpc) is 3.35. The van der Waals surface area contributed by atoms with Gasteiger partial charge in [0.2, 0.25) is 5.91 Å². The van der Waals surface area contributed by atoms with E-state index in [2.05, 4.69) is 23.5 Å². The zero-order valence-electron chi connectivity index (χ0n) is 21.4. The van der Waals surface area contributed by atoms with Crippen LogP contribution in [-0.2, 0) is 22.6 Å². The molecule has 1 aromatic heterocycles. The highest BCUT2D eigenvalue weighted by Crippen LogP contribution is 2.39. The van der Waals surface area contributed by atoms with Gasteiger partial charge in [-0.25, -0.2) is 0 Å². The van der Waals surface area contributed by atoms with Crippen LogP contribution < -0.4 is 10.1 Å². The quantitative estimate of drug-likeness (QED) is 0.461. The molecule has 0 spiro atoms. The number of fused-ring (bicyclic) bond motifs is 1. The minimum Gasteiger partial charge on any atom is -0.486 e. The van der Waals surface area contributed by atoms with Crippen molar-refractivity contribution in [2.24, 2.45) is 5.41 Å². The van der Waals surface area contributed by atoms with E-state index in [9.17, 15) is 9.59 Å². The van der Waals surface area contributed by atoms with Crippen molar-refractivity contribution in [3.63, 3.8) is 0 Å². The van der Waals surface area contributed by atoms with Gasteiger partial charge < -0.3 is 24.1 Å². The Balaban J connectivity index is 1.54. The number of amides is 2. The van der Waals surface area contributed by atoms with Gasteiger partial charge in [-0.1, -0.05) is 57.2 Å². The molecule has 4 rings (SSSR count). The van der Waals surface area contributed by atoms with Gasteiger partial charge in [-0.2, -0.15) is 0 Å². The molecule has 0 fully saturated rings. The first-order valence-electron chi connectivity index (χ1n) is 12.3. The Morgan fingerprint density at radius 1 is 1.08 bits per heavy atom. The number of furan rings is 1. The van der Waals surface area contributed by atoms with E-state index >= 15 is 0 Å². The standard InChI is InChI=1S/C29H34N2O5/c1-29(2,3)28(33)31-16-14-20-10-11-22(18-24(20)26(31)21-8-6-5-7-9-21)35-19-23-12-13-25(36-23)27(32)30-15-17-34-4/h5-13,18,26H,14-17,19H2,1-4H3,(H,30,32)/t26-/m0/s1. The van der Waals surface area contributed by atoms with Crippen LogP contribution in [0.5, 0.6) is 5.75 Å². The zero-order valence-corrected chi connectivity index (χ0v) is 21.4. The van der Waals surface area contributed by atoms with Crippen LogP contribution in [0.15, 0.2) is 65.1 Å². The molecule has 0 saturated carbocycles. The first kappa shape index (κ1) is 25.5. The van der Waals surface area contributed by atoms with Gasteiger partial charge in [-0.15, -0.1) is 0 Å². The van der Waals surface area contributed by atoms with E-state index in [0.29, 0.717) is 31.2 Å². The highest BCUT2D eigenvalue weighted by molar-refractivity contribution is 5.91. The molecule has 7 heteroatoms. The first-order valence-corrected chi connectivity index (χ1v) is 12.3. The van der Waals surface area contributed by atoms with Crippen molar-refractivity contribution in [2.45, 2.75) is 39.8 Å². The van der Waals surface area contributed by atoms with Gasteiger partial charge in [-0.05, 0) is 47.4 Å². The van der Waals surface area contributed by atoms with Crippen LogP contribution in [0.25, 0.3) is 0 Å². The largest absolute Gasteiger partial charge is 0.486 e.